The van der Waals surface area contributed by atoms with Crippen molar-refractivity contribution in [1.82, 2.24) is 10.2 Å². The summed E-state index contributed by atoms with van der Waals surface area (Å²) in [5.74, 6) is -0.159. The first kappa shape index (κ1) is 19.9. The van der Waals surface area contributed by atoms with Gasteiger partial charge in [0, 0.05) is 43.4 Å². The van der Waals surface area contributed by atoms with Crippen LogP contribution < -0.4 is 5.32 Å². The summed E-state index contributed by atoms with van der Waals surface area (Å²) in [6.45, 7) is 1.27. The van der Waals surface area contributed by atoms with Crippen LogP contribution in [0.25, 0.3) is 0 Å². The van der Waals surface area contributed by atoms with Crippen LogP contribution in [0.1, 0.15) is 37.7 Å². The molecule has 1 fully saturated rings. The molecule has 1 saturated heterocycles. The number of aliphatic hydroxyl groups is 1. The number of likely N-dealkylation sites (tertiary alicyclic amines) is 1. The number of hydrogen-bond acceptors (Lipinski definition) is 3. The summed E-state index contributed by atoms with van der Waals surface area (Å²) in [6.07, 6.45) is 7.98. The van der Waals surface area contributed by atoms with E-state index in [0.717, 1.165) is 24.8 Å². The van der Waals surface area contributed by atoms with Gasteiger partial charge in [-0.1, -0.05) is 42.0 Å². The second kappa shape index (κ2) is 8.89. The van der Waals surface area contributed by atoms with Crippen molar-refractivity contribution in [3.63, 3.8) is 0 Å². The Morgan fingerprint density at radius 3 is 2.63 bits per heavy atom. The fourth-order valence-corrected chi connectivity index (χ4v) is 4.01. The summed E-state index contributed by atoms with van der Waals surface area (Å²) in [4.78, 5) is 26.9. The molecule has 2 amide bonds. The Kier molecular flexibility index (Phi) is 6.55. The number of allylic oxidation sites excluding steroid dienone is 2. The Morgan fingerprint density at radius 1 is 1.22 bits per heavy atom. The van der Waals surface area contributed by atoms with Gasteiger partial charge in [0.2, 0.25) is 5.91 Å². The number of nitrogens with one attached hydrogen (secondary N) is 1. The van der Waals surface area contributed by atoms with Crippen molar-refractivity contribution < 1.29 is 14.7 Å². The second-order valence-corrected chi connectivity index (χ2v) is 7.84. The molecule has 2 N–H and O–H groups in total. The molecule has 0 bridgehead atoms. The lowest BCUT2D eigenvalue weighted by molar-refractivity contribution is -0.151. The van der Waals surface area contributed by atoms with E-state index in [9.17, 15) is 14.7 Å². The molecule has 5 nitrogen and oxygen atoms in total. The average Bonchev–Trinajstić information content (AvgIpc) is 2.70. The zero-order valence-electron chi connectivity index (χ0n) is 15.5. The first-order valence-corrected chi connectivity index (χ1v) is 10.1. The van der Waals surface area contributed by atoms with E-state index < -0.39 is 5.60 Å². The minimum atomic E-state index is -1.40. The molecule has 0 saturated carbocycles. The van der Waals surface area contributed by atoms with Gasteiger partial charge < -0.3 is 15.3 Å². The number of rotatable bonds is 5. The number of piperidine rings is 1. The Labute approximate surface area is 165 Å². The molecule has 1 atom stereocenters. The Balaban J connectivity index is 1.46. The Bertz CT molecular complexity index is 711. The molecule has 1 aliphatic heterocycles. The number of benzene rings is 1. The van der Waals surface area contributed by atoms with Gasteiger partial charge in [-0.15, -0.1) is 0 Å². The van der Waals surface area contributed by atoms with Gasteiger partial charge in [0.25, 0.3) is 5.91 Å². The molecule has 146 valence electrons. The van der Waals surface area contributed by atoms with E-state index in [1.807, 2.05) is 24.3 Å². The maximum atomic E-state index is 12.6. The molecule has 1 unspecified atom stereocenters. The number of carbonyl (C=O) groups is 2. The molecule has 0 aromatic heterocycles. The van der Waals surface area contributed by atoms with Crippen LogP contribution in [0.5, 0.6) is 0 Å². The lowest BCUT2D eigenvalue weighted by Gasteiger charge is -2.38. The molecule has 1 aromatic carbocycles. The number of halogens is 1. The van der Waals surface area contributed by atoms with E-state index in [4.69, 9.17) is 11.6 Å². The molecule has 1 aliphatic carbocycles. The first-order valence-electron chi connectivity index (χ1n) is 9.67. The van der Waals surface area contributed by atoms with E-state index in [2.05, 4.69) is 17.5 Å². The number of hydrogen-bond donors (Lipinski definition) is 2. The summed E-state index contributed by atoms with van der Waals surface area (Å²) < 4.78 is 0. The van der Waals surface area contributed by atoms with Crippen molar-refractivity contribution in [1.29, 1.82) is 0 Å². The third-order valence-corrected chi connectivity index (χ3v) is 5.95. The standard InChI is InChI=1S/C21H27ClN2O3/c22-18-9-5-4-6-16(18)10-13-23-20(26)21(27)11-14-24(15-12-21)19(25)17-7-2-1-3-8-17/h1-2,4-6,9,17,27H,3,7-8,10-15H2,(H,23,26). The smallest absolute Gasteiger partial charge is 0.252 e. The average molecular weight is 391 g/mol. The van der Waals surface area contributed by atoms with Crippen molar-refractivity contribution >= 4 is 23.4 Å². The van der Waals surface area contributed by atoms with Crippen LogP contribution in [0.2, 0.25) is 5.02 Å². The molecule has 2 aliphatic rings. The van der Waals surface area contributed by atoms with E-state index in [1.165, 1.54) is 0 Å². The fourth-order valence-electron chi connectivity index (χ4n) is 3.78. The van der Waals surface area contributed by atoms with Crippen molar-refractivity contribution in [2.75, 3.05) is 19.6 Å². The lowest BCUT2D eigenvalue weighted by atomic mass is 9.88. The van der Waals surface area contributed by atoms with Gasteiger partial charge in [0.05, 0.1) is 0 Å². The number of carbonyl (C=O) groups excluding carboxylic acids is 2. The Morgan fingerprint density at radius 2 is 1.96 bits per heavy atom. The summed E-state index contributed by atoms with van der Waals surface area (Å²) in [5.41, 5.74) is -0.433. The van der Waals surface area contributed by atoms with Gasteiger partial charge in [-0.2, -0.15) is 0 Å². The fraction of sp³-hybridized carbons (Fsp3) is 0.524. The minimum absolute atomic E-state index is 0.0469. The highest BCUT2D eigenvalue weighted by atomic mass is 35.5. The zero-order valence-corrected chi connectivity index (χ0v) is 16.3. The zero-order chi connectivity index (χ0) is 19.3. The highest BCUT2D eigenvalue weighted by molar-refractivity contribution is 6.31. The third kappa shape index (κ3) is 4.90. The van der Waals surface area contributed by atoms with E-state index in [-0.39, 0.29) is 30.6 Å². The predicted octanol–water partition coefficient (Wildman–Crippen LogP) is 2.71. The van der Waals surface area contributed by atoms with Gasteiger partial charge in [-0.05, 0) is 37.3 Å². The quantitative estimate of drug-likeness (QED) is 0.759. The van der Waals surface area contributed by atoms with Crippen LogP contribution in [0.4, 0.5) is 0 Å². The van der Waals surface area contributed by atoms with E-state index >= 15 is 0 Å². The molecule has 0 radical (unpaired) electrons. The molecule has 6 heteroatoms. The van der Waals surface area contributed by atoms with Gasteiger partial charge in [0.15, 0.2) is 0 Å². The maximum Gasteiger partial charge on any atom is 0.252 e. The van der Waals surface area contributed by atoms with Crippen LogP contribution in [0.15, 0.2) is 36.4 Å². The van der Waals surface area contributed by atoms with E-state index in [0.29, 0.717) is 31.1 Å². The third-order valence-electron chi connectivity index (χ3n) is 5.58. The molecule has 1 aromatic rings. The maximum absolute atomic E-state index is 12.6. The van der Waals surface area contributed by atoms with Crippen molar-refractivity contribution in [3.05, 3.63) is 47.0 Å². The topological polar surface area (TPSA) is 69.6 Å². The largest absolute Gasteiger partial charge is 0.380 e. The van der Waals surface area contributed by atoms with Gasteiger partial charge in [0.1, 0.15) is 5.60 Å². The number of nitrogens with zero attached hydrogens (tertiary/aromatic N) is 1. The van der Waals surface area contributed by atoms with Crippen molar-refractivity contribution in [2.24, 2.45) is 5.92 Å². The highest BCUT2D eigenvalue weighted by Crippen LogP contribution is 2.27. The first-order chi connectivity index (χ1) is 13.0. The molecule has 0 spiro atoms. The van der Waals surface area contributed by atoms with Crippen LogP contribution in [-0.4, -0.2) is 47.1 Å². The van der Waals surface area contributed by atoms with Crippen LogP contribution in [0.3, 0.4) is 0 Å². The molecule has 3 rings (SSSR count). The van der Waals surface area contributed by atoms with Gasteiger partial charge in [-0.3, -0.25) is 9.59 Å². The van der Waals surface area contributed by atoms with Crippen molar-refractivity contribution in [3.8, 4) is 0 Å². The SMILES string of the molecule is O=C(C1CC=CCC1)N1CCC(O)(C(=O)NCCc2ccccc2Cl)CC1. The number of amides is 2. The second-order valence-electron chi connectivity index (χ2n) is 7.44. The van der Waals surface area contributed by atoms with Crippen LogP contribution in [0, 0.1) is 5.92 Å². The lowest BCUT2D eigenvalue weighted by Crippen LogP contribution is -2.55. The monoisotopic (exact) mass is 390 g/mol. The summed E-state index contributed by atoms with van der Waals surface area (Å²) >= 11 is 6.12. The normalized spacial score (nSPS) is 21.7. The summed E-state index contributed by atoms with van der Waals surface area (Å²) in [7, 11) is 0. The van der Waals surface area contributed by atoms with Gasteiger partial charge in [-0.25, -0.2) is 0 Å². The molecular formula is C21H27ClN2O3. The van der Waals surface area contributed by atoms with Crippen LogP contribution in [-0.2, 0) is 16.0 Å². The predicted molar refractivity (Wildman–Crippen MR) is 105 cm³/mol. The van der Waals surface area contributed by atoms with Gasteiger partial charge >= 0.3 is 0 Å². The minimum Gasteiger partial charge on any atom is -0.380 e. The molecule has 1 heterocycles. The molecule has 27 heavy (non-hydrogen) atoms. The van der Waals surface area contributed by atoms with E-state index in [1.54, 1.807) is 4.90 Å². The summed E-state index contributed by atoms with van der Waals surface area (Å²) in [6, 6.07) is 7.52. The highest BCUT2D eigenvalue weighted by Gasteiger charge is 2.41. The summed E-state index contributed by atoms with van der Waals surface area (Å²) in [5, 5.41) is 14.2. The Hall–Kier alpha value is -1.85. The van der Waals surface area contributed by atoms with Crippen LogP contribution >= 0.6 is 11.6 Å². The molecular weight excluding hydrogens is 364 g/mol. The van der Waals surface area contributed by atoms with Crippen molar-refractivity contribution in [2.45, 2.75) is 44.1 Å².